The van der Waals surface area contributed by atoms with Crippen LogP contribution in [0.25, 0.3) is 22.5 Å². The van der Waals surface area contributed by atoms with E-state index in [2.05, 4.69) is 53.3 Å². The highest BCUT2D eigenvalue weighted by atomic mass is 16.1. The van der Waals surface area contributed by atoms with Crippen molar-refractivity contribution in [3.63, 3.8) is 0 Å². The third-order valence-corrected chi connectivity index (χ3v) is 5.79. The number of unbranched alkanes of at least 4 members (excludes halogenated alkanes) is 2. The normalized spacial score (nSPS) is 11.8. The van der Waals surface area contributed by atoms with Gasteiger partial charge in [-0.1, -0.05) is 50.1 Å². The zero-order valence-electron chi connectivity index (χ0n) is 19.7. The first-order valence-electron chi connectivity index (χ1n) is 11.5. The maximum atomic E-state index is 13.2. The monoisotopic (exact) mass is 445 g/mol. The second-order valence-electron chi connectivity index (χ2n) is 9.31. The van der Waals surface area contributed by atoms with E-state index in [9.17, 15) is 4.79 Å². The van der Waals surface area contributed by atoms with E-state index in [1.165, 1.54) is 0 Å². The van der Waals surface area contributed by atoms with E-state index in [0.29, 0.717) is 12.4 Å². The number of nitrogens with zero attached hydrogens (tertiary/aromatic N) is 6. The topological polar surface area (TPSA) is 94.3 Å². The van der Waals surface area contributed by atoms with Gasteiger partial charge in [0.1, 0.15) is 0 Å². The molecule has 0 spiro atoms. The number of tetrazole rings is 1. The minimum Gasteiger partial charge on any atom is -0.294 e. The number of aromatic amines is 1. The summed E-state index contributed by atoms with van der Waals surface area (Å²) in [5, 5.41) is 14.4. The van der Waals surface area contributed by atoms with E-state index < -0.39 is 0 Å². The molecule has 3 aromatic heterocycles. The average molecular weight is 446 g/mol. The van der Waals surface area contributed by atoms with Gasteiger partial charge in [0.05, 0.1) is 12.2 Å². The largest absolute Gasteiger partial charge is 0.329 e. The summed E-state index contributed by atoms with van der Waals surface area (Å²) >= 11 is 0. The van der Waals surface area contributed by atoms with Crippen LogP contribution in [-0.2, 0) is 18.5 Å². The van der Waals surface area contributed by atoms with Crippen LogP contribution < -0.4 is 5.69 Å². The minimum atomic E-state index is -0.266. The third-order valence-electron chi connectivity index (χ3n) is 5.79. The number of aromatic nitrogens is 7. The number of hydrogen-bond acceptors (Lipinski definition) is 5. The molecule has 0 aliphatic carbocycles. The van der Waals surface area contributed by atoms with Crippen molar-refractivity contribution in [3.05, 3.63) is 70.7 Å². The van der Waals surface area contributed by atoms with E-state index in [0.717, 1.165) is 53.8 Å². The van der Waals surface area contributed by atoms with Crippen LogP contribution in [0.3, 0.4) is 0 Å². The van der Waals surface area contributed by atoms with Crippen molar-refractivity contribution < 1.29 is 0 Å². The molecule has 0 atom stereocenters. The lowest BCUT2D eigenvalue weighted by Gasteiger charge is -2.19. The van der Waals surface area contributed by atoms with E-state index in [4.69, 9.17) is 0 Å². The number of aryl methyl sites for hydroxylation is 1. The van der Waals surface area contributed by atoms with E-state index in [-0.39, 0.29) is 11.2 Å². The van der Waals surface area contributed by atoms with Crippen molar-refractivity contribution >= 4 is 0 Å². The maximum absolute atomic E-state index is 13.2. The summed E-state index contributed by atoms with van der Waals surface area (Å²) in [6.07, 6.45) is 8.14. The molecule has 3 heterocycles. The molecule has 4 rings (SSSR count). The summed E-state index contributed by atoms with van der Waals surface area (Å²) in [7, 11) is 0. The first kappa shape index (κ1) is 22.6. The predicted molar refractivity (Wildman–Crippen MR) is 129 cm³/mol. The first-order chi connectivity index (χ1) is 15.9. The molecule has 0 amide bonds. The lowest BCUT2D eigenvalue weighted by Crippen LogP contribution is -2.34. The van der Waals surface area contributed by atoms with Crippen molar-refractivity contribution in [2.24, 2.45) is 0 Å². The number of nitrogens with one attached hydrogen (secondary N) is 1. The number of H-pyrrole nitrogens is 1. The van der Waals surface area contributed by atoms with Gasteiger partial charge in [-0.05, 0) is 50.5 Å². The summed E-state index contributed by atoms with van der Waals surface area (Å²) < 4.78 is 3.71. The summed E-state index contributed by atoms with van der Waals surface area (Å²) in [6.45, 7) is 8.82. The van der Waals surface area contributed by atoms with Crippen LogP contribution in [0.5, 0.6) is 0 Å². The number of rotatable bonds is 8. The Bertz CT molecular complexity index is 1250. The van der Waals surface area contributed by atoms with Gasteiger partial charge in [-0.15, -0.1) is 10.2 Å². The summed E-state index contributed by atoms with van der Waals surface area (Å²) in [5.41, 5.74) is 4.49. The fourth-order valence-electron chi connectivity index (χ4n) is 3.98. The molecule has 4 aromatic rings. The van der Waals surface area contributed by atoms with Gasteiger partial charge in [0.2, 0.25) is 5.82 Å². The molecule has 0 bridgehead atoms. The molecule has 33 heavy (non-hydrogen) atoms. The second-order valence-corrected chi connectivity index (χ2v) is 9.31. The lowest BCUT2D eigenvalue weighted by atomic mass is 10.0. The van der Waals surface area contributed by atoms with Crippen LogP contribution in [-0.4, -0.2) is 34.7 Å². The molecule has 0 unspecified atom stereocenters. The van der Waals surface area contributed by atoms with E-state index in [1.54, 1.807) is 0 Å². The van der Waals surface area contributed by atoms with Crippen LogP contribution in [0.1, 0.15) is 58.3 Å². The Balaban J connectivity index is 1.63. The fraction of sp³-hybridized carbons (Fsp3) is 0.400. The van der Waals surface area contributed by atoms with Crippen LogP contribution >= 0.6 is 0 Å². The maximum Gasteiger partial charge on any atom is 0.329 e. The van der Waals surface area contributed by atoms with Gasteiger partial charge in [0, 0.05) is 34.8 Å². The molecule has 0 saturated heterocycles. The van der Waals surface area contributed by atoms with Gasteiger partial charge in [-0.2, -0.15) is 5.21 Å². The van der Waals surface area contributed by atoms with Crippen molar-refractivity contribution in [1.82, 2.24) is 34.7 Å². The Morgan fingerprint density at radius 3 is 2.45 bits per heavy atom. The quantitative estimate of drug-likeness (QED) is 0.405. The second kappa shape index (κ2) is 9.52. The number of imidazole rings is 1. The molecular weight excluding hydrogens is 414 g/mol. The van der Waals surface area contributed by atoms with Crippen molar-refractivity contribution in [3.8, 4) is 22.5 Å². The molecule has 0 fully saturated rings. The van der Waals surface area contributed by atoms with Gasteiger partial charge >= 0.3 is 5.69 Å². The highest BCUT2D eigenvalue weighted by molar-refractivity contribution is 5.79. The summed E-state index contributed by atoms with van der Waals surface area (Å²) in [6, 6.07) is 11.9. The van der Waals surface area contributed by atoms with E-state index in [1.807, 2.05) is 57.9 Å². The molecule has 8 heteroatoms. The highest BCUT2D eigenvalue weighted by Gasteiger charge is 2.21. The van der Waals surface area contributed by atoms with Crippen molar-refractivity contribution in [1.29, 1.82) is 0 Å². The Morgan fingerprint density at radius 2 is 1.82 bits per heavy atom. The van der Waals surface area contributed by atoms with Crippen LogP contribution in [0.15, 0.2) is 53.6 Å². The molecule has 1 aromatic carbocycles. The predicted octanol–water partition coefficient (Wildman–Crippen LogP) is 4.43. The number of hydrogen-bond donors (Lipinski definition) is 1. The van der Waals surface area contributed by atoms with Crippen LogP contribution in [0.4, 0.5) is 0 Å². The molecular formula is C25H31N7O. The summed E-state index contributed by atoms with van der Waals surface area (Å²) in [4.78, 5) is 17.9. The van der Waals surface area contributed by atoms with Gasteiger partial charge in [-0.3, -0.25) is 14.1 Å². The van der Waals surface area contributed by atoms with Crippen LogP contribution in [0.2, 0.25) is 0 Å². The van der Waals surface area contributed by atoms with E-state index >= 15 is 0 Å². The lowest BCUT2D eigenvalue weighted by molar-refractivity contribution is 0.380. The zero-order chi connectivity index (χ0) is 23.4. The molecule has 0 radical (unpaired) electrons. The SMILES string of the molecule is CCCCCc1cn(C(C)(C)C)c(=O)n1Cc1ccc(-c2ccccc2-c2nn[nH]n2)cn1. The molecule has 0 aliphatic rings. The molecule has 8 nitrogen and oxygen atoms in total. The van der Waals surface area contributed by atoms with Gasteiger partial charge in [-0.25, -0.2) is 4.79 Å². The molecule has 0 saturated carbocycles. The Morgan fingerprint density at radius 1 is 1.03 bits per heavy atom. The summed E-state index contributed by atoms with van der Waals surface area (Å²) in [5.74, 6) is 0.543. The Hall–Kier alpha value is -3.55. The zero-order valence-corrected chi connectivity index (χ0v) is 19.7. The van der Waals surface area contributed by atoms with Crippen molar-refractivity contribution in [2.75, 3.05) is 0 Å². The fourth-order valence-corrected chi connectivity index (χ4v) is 3.98. The standard InChI is InChI=1S/C25H31N7O/c1-5-6-7-10-20-17-32(25(2,3)4)24(33)31(20)16-19-14-13-18(15-26-19)21-11-8-9-12-22(21)23-27-29-30-28-23/h8-9,11-15,17H,5-7,10,16H2,1-4H3,(H,27,28,29,30). The van der Waals surface area contributed by atoms with Gasteiger partial charge in [0.25, 0.3) is 0 Å². The van der Waals surface area contributed by atoms with Gasteiger partial charge in [0.15, 0.2) is 0 Å². The third kappa shape index (κ3) is 4.94. The van der Waals surface area contributed by atoms with Gasteiger partial charge < -0.3 is 0 Å². The van der Waals surface area contributed by atoms with Crippen molar-refractivity contribution in [2.45, 2.75) is 65.5 Å². The molecule has 172 valence electrons. The number of benzene rings is 1. The minimum absolute atomic E-state index is 0.0160. The smallest absolute Gasteiger partial charge is 0.294 e. The van der Waals surface area contributed by atoms with Crippen LogP contribution in [0, 0.1) is 0 Å². The first-order valence-corrected chi connectivity index (χ1v) is 11.5. The molecule has 1 N–H and O–H groups in total. The Labute approximate surface area is 193 Å². The average Bonchev–Trinajstić information content (AvgIpc) is 3.44. The molecule has 0 aliphatic heterocycles. The highest BCUT2D eigenvalue weighted by Crippen LogP contribution is 2.29. The number of pyridine rings is 1. The Kier molecular flexibility index (Phi) is 6.53.